The Hall–Kier alpha value is -0.520. The smallest absolute Gasteiger partial charge is 0.111 e. The van der Waals surface area contributed by atoms with Crippen LogP contribution < -0.4 is 0 Å². The fourth-order valence-corrected chi connectivity index (χ4v) is 1.29. The van der Waals surface area contributed by atoms with E-state index in [0.717, 1.165) is 19.4 Å². The molecule has 0 aliphatic carbocycles. The molecule has 1 aliphatic rings. The molecule has 1 fully saturated rings. The molecule has 1 saturated heterocycles. The lowest BCUT2D eigenvalue weighted by Gasteiger charge is -2.20. The molecule has 0 amide bonds. The van der Waals surface area contributed by atoms with Crippen molar-refractivity contribution in [3.05, 3.63) is 0 Å². The fourth-order valence-electron chi connectivity index (χ4n) is 1.29. The summed E-state index contributed by atoms with van der Waals surface area (Å²) in [6, 6.07) is 0. The van der Waals surface area contributed by atoms with Gasteiger partial charge in [0.25, 0.3) is 0 Å². The van der Waals surface area contributed by atoms with Crippen LogP contribution in [0.2, 0.25) is 0 Å². The minimum absolute atomic E-state index is 0.310. The van der Waals surface area contributed by atoms with Crippen LogP contribution in [0.5, 0.6) is 0 Å². The highest BCUT2D eigenvalue weighted by molar-refractivity contribution is 5.04. The molecule has 1 heterocycles. The number of aliphatic hydroxyl groups excluding tert-OH is 1. The Labute approximate surface area is 73.9 Å². The first-order valence-corrected chi connectivity index (χ1v) is 4.57. The highest BCUT2D eigenvalue weighted by Crippen LogP contribution is 2.14. The van der Waals surface area contributed by atoms with Crippen molar-refractivity contribution in [1.29, 1.82) is 0 Å². The van der Waals surface area contributed by atoms with Crippen molar-refractivity contribution >= 4 is 0 Å². The maximum absolute atomic E-state index is 8.87. The Kier molecular flexibility index (Phi) is 4.13. The summed E-state index contributed by atoms with van der Waals surface area (Å²) in [5.74, 6) is 5.65. The first-order valence-electron chi connectivity index (χ1n) is 4.57. The second-order valence-corrected chi connectivity index (χ2v) is 3.19. The van der Waals surface area contributed by atoms with Crippen molar-refractivity contribution in [2.75, 3.05) is 6.61 Å². The average molecular weight is 168 g/mol. The van der Waals surface area contributed by atoms with E-state index in [1.54, 1.807) is 6.92 Å². The van der Waals surface area contributed by atoms with Crippen molar-refractivity contribution in [3.63, 3.8) is 0 Å². The van der Waals surface area contributed by atoms with Crippen LogP contribution in [0, 0.1) is 11.8 Å². The molecule has 2 nitrogen and oxygen atoms in total. The summed E-state index contributed by atoms with van der Waals surface area (Å²) in [7, 11) is 0. The van der Waals surface area contributed by atoms with Gasteiger partial charge < -0.3 is 9.84 Å². The molecule has 0 saturated carbocycles. The van der Waals surface area contributed by atoms with E-state index in [-0.39, 0.29) is 0 Å². The van der Waals surface area contributed by atoms with E-state index in [1.165, 1.54) is 12.8 Å². The third kappa shape index (κ3) is 3.75. The summed E-state index contributed by atoms with van der Waals surface area (Å²) in [6.45, 7) is 2.55. The minimum Gasteiger partial charge on any atom is -0.381 e. The Morgan fingerprint density at radius 2 is 2.42 bits per heavy atom. The monoisotopic (exact) mass is 168 g/mol. The van der Waals surface area contributed by atoms with E-state index >= 15 is 0 Å². The number of aliphatic hydroxyl groups is 1. The van der Waals surface area contributed by atoms with Gasteiger partial charge in [0.2, 0.25) is 0 Å². The van der Waals surface area contributed by atoms with Crippen molar-refractivity contribution in [3.8, 4) is 11.8 Å². The normalized spacial score (nSPS) is 25.7. The minimum atomic E-state index is -0.506. The van der Waals surface area contributed by atoms with E-state index in [4.69, 9.17) is 9.84 Å². The Balaban J connectivity index is 2.18. The van der Waals surface area contributed by atoms with E-state index < -0.39 is 6.10 Å². The van der Waals surface area contributed by atoms with Gasteiger partial charge in [-0.2, -0.15) is 0 Å². The van der Waals surface area contributed by atoms with Gasteiger partial charge in [-0.05, 0) is 26.2 Å². The van der Waals surface area contributed by atoms with Crippen LogP contribution in [-0.2, 0) is 4.74 Å². The van der Waals surface area contributed by atoms with Crippen LogP contribution in [0.15, 0.2) is 0 Å². The number of ether oxygens (including phenoxy) is 1. The number of rotatable bonds is 1. The summed E-state index contributed by atoms with van der Waals surface area (Å²) in [5, 5.41) is 8.87. The van der Waals surface area contributed by atoms with Gasteiger partial charge in [0.05, 0.1) is 6.10 Å². The van der Waals surface area contributed by atoms with Crippen LogP contribution in [0.4, 0.5) is 0 Å². The summed E-state index contributed by atoms with van der Waals surface area (Å²) in [4.78, 5) is 0. The van der Waals surface area contributed by atoms with E-state index in [0.29, 0.717) is 6.10 Å². The van der Waals surface area contributed by atoms with Crippen molar-refractivity contribution in [2.24, 2.45) is 0 Å². The molecule has 1 aliphatic heterocycles. The van der Waals surface area contributed by atoms with Crippen LogP contribution in [0.25, 0.3) is 0 Å². The zero-order valence-electron chi connectivity index (χ0n) is 7.55. The van der Waals surface area contributed by atoms with Gasteiger partial charge in [0, 0.05) is 13.0 Å². The fraction of sp³-hybridized carbons (Fsp3) is 0.800. The predicted molar refractivity (Wildman–Crippen MR) is 47.7 cm³/mol. The molecular weight excluding hydrogens is 152 g/mol. The molecular formula is C10H16O2. The van der Waals surface area contributed by atoms with Crippen LogP contribution in [0.3, 0.4) is 0 Å². The number of hydrogen-bond donors (Lipinski definition) is 1. The second-order valence-electron chi connectivity index (χ2n) is 3.19. The lowest BCUT2D eigenvalue weighted by molar-refractivity contribution is 0.0197. The van der Waals surface area contributed by atoms with Crippen LogP contribution in [-0.4, -0.2) is 23.9 Å². The molecule has 0 bridgehead atoms. The molecule has 0 aromatic carbocycles. The average Bonchev–Trinajstić information content (AvgIpc) is 2.05. The van der Waals surface area contributed by atoms with Crippen molar-refractivity contribution in [1.82, 2.24) is 0 Å². The summed E-state index contributed by atoms with van der Waals surface area (Å²) in [5.41, 5.74) is 0. The maximum Gasteiger partial charge on any atom is 0.111 e. The number of hydrogen-bond acceptors (Lipinski definition) is 2. The molecule has 68 valence electrons. The summed E-state index contributed by atoms with van der Waals surface area (Å²) >= 11 is 0. The van der Waals surface area contributed by atoms with Crippen LogP contribution in [0.1, 0.15) is 32.6 Å². The molecule has 2 atom stereocenters. The Morgan fingerprint density at radius 1 is 1.58 bits per heavy atom. The van der Waals surface area contributed by atoms with E-state index in [2.05, 4.69) is 11.8 Å². The lowest BCUT2D eigenvalue weighted by atomic mass is 10.1. The highest BCUT2D eigenvalue weighted by atomic mass is 16.5. The van der Waals surface area contributed by atoms with E-state index in [1.807, 2.05) is 0 Å². The zero-order valence-corrected chi connectivity index (χ0v) is 7.55. The van der Waals surface area contributed by atoms with Gasteiger partial charge in [-0.25, -0.2) is 0 Å². The molecule has 2 unspecified atom stereocenters. The predicted octanol–water partition coefficient (Wildman–Crippen LogP) is 1.33. The second kappa shape index (κ2) is 5.18. The highest BCUT2D eigenvalue weighted by Gasteiger charge is 2.11. The summed E-state index contributed by atoms with van der Waals surface area (Å²) < 4.78 is 5.48. The molecule has 0 spiro atoms. The molecule has 0 aromatic heterocycles. The molecule has 0 aromatic rings. The molecule has 0 radical (unpaired) electrons. The molecule has 1 rings (SSSR count). The molecule has 12 heavy (non-hydrogen) atoms. The van der Waals surface area contributed by atoms with Crippen molar-refractivity contribution in [2.45, 2.75) is 44.8 Å². The Morgan fingerprint density at radius 3 is 3.00 bits per heavy atom. The van der Waals surface area contributed by atoms with Gasteiger partial charge in [-0.3, -0.25) is 0 Å². The maximum atomic E-state index is 8.87. The van der Waals surface area contributed by atoms with Crippen LogP contribution >= 0.6 is 0 Å². The quantitative estimate of drug-likeness (QED) is 0.598. The first-order chi connectivity index (χ1) is 5.79. The standard InChI is InChI=1S/C10H16O2/c1-9(11)5-4-7-10-6-2-3-8-12-10/h9-11H,2-3,6-8H2,1H3. The van der Waals surface area contributed by atoms with E-state index in [9.17, 15) is 0 Å². The Bertz CT molecular complexity index is 170. The topological polar surface area (TPSA) is 29.5 Å². The SMILES string of the molecule is CC(O)C#CCC1CCCCO1. The van der Waals surface area contributed by atoms with Gasteiger partial charge in [-0.15, -0.1) is 0 Å². The van der Waals surface area contributed by atoms with Gasteiger partial charge in [0.15, 0.2) is 0 Å². The third-order valence-electron chi connectivity index (χ3n) is 1.91. The largest absolute Gasteiger partial charge is 0.381 e. The first kappa shape index (κ1) is 9.57. The van der Waals surface area contributed by atoms with Gasteiger partial charge in [-0.1, -0.05) is 11.8 Å². The zero-order chi connectivity index (χ0) is 8.81. The lowest BCUT2D eigenvalue weighted by Crippen LogP contribution is -2.18. The van der Waals surface area contributed by atoms with Crippen molar-refractivity contribution < 1.29 is 9.84 Å². The molecule has 1 N–H and O–H groups in total. The van der Waals surface area contributed by atoms with Gasteiger partial charge in [0.1, 0.15) is 6.10 Å². The van der Waals surface area contributed by atoms with Gasteiger partial charge >= 0.3 is 0 Å². The summed E-state index contributed by atoms with van der Waals surface area (Å²) in [6.07, 6.45) is 4.12. The molecule has 2 heteroatoms. The third-order valence-corrected chi connectivity index (χ3v) is 1.91.